The maximum Gasteiger partial charge on any atom is 0.268 e. The van der Waals surface area contributed by atoms with Crippen molar-refractivity contribution in [1.29, 1.82) is 0 Å². The van der Waals surface area contributed by atoms with Gasteiger partial charge in [-0.15, -0.1) is 0 Å². The van der Waals surface area contributed by atoms with Crippen LogP contribution in [0.2, 0.25) is 0 Å². The van der Waals surface area contributed by atoms with Gasteiger partial charge >= 0.3 is 0 Å². The van der Waals surface area contributed by atoms with E-state index in [1.165, 1.54) is 16.5 Å². The molecule has 0 radical (unpaired) electrons. The lowest BCUT2D eigenvalue weighted by Crippen LogP contribution is -2.26. The quantitative estimate of drug-likeness (QED) is 0.515. The number of hydrogen-bond donors (Lipinski definition) is 3. The van der Waals surface area contributed by atoms with E-state index in [9.17, 15) is 4.79 Å². The Morgan fingerprint density at radius 1 is 1.04 bits per heavy atom. The molecule has 4 aromatic rings. The Labute approximate surface area is 146 Å². The summed E-state index contributed by atoms with van der Waals surface area (Å²) in [4.78, 5) is 19.1. The van der Waals surface area contributed by atoms with Gasteiger partial charge in [0.25, 0.3) is 5.91 Å². The van der Waals surface area contributed by atoms with Gasteiger partial charge in [0.1, 0.15) is 5.69 Å². The van der Waals surface area contributed by atoms with E-state index in [2.05, 4.69) is 52.5 Å². The van der Waals surface area contributed by atoms with Crippen LogP contribution < -0.4 is 5.32 Å². The molecule has 0 bridgehead atoms. The van der Waals surface area contributed by atoms with Gasteiger partial charge in [0.05, 0.1) is 0 Å². The molecule has 3 N–H and O–H groups in total. The van der Waals surface area contributed by atoms with Crippen LogP contribution in [0.1, 0.15) is 27.2 Å². The molecule has 0 spiro atoms. The number of nitrogens with one attached hydrogen (secondary N) is 3. The van der Waals surface area contributed by atoms with E-state index in [1.54, 1.807) is 0 Å². The van der Waals surface area contributed by atoms with Gasteiger partial charge in [0.2, 0.25) is 0 Å². The number of rotatable bonds is 4. The lowest BCUT2D eigenvalue weighted by atomic mass is 10.1. The molecule has 25 heavy (non-hydrogen) atoms. The smallest absolute Gasteiger partial charge is 0.268 e. The second-order valence-corrected chi connectivity index (χ2v) is 6.54. The summed E-state index contributed by atoms with van der Waals surface area (Å²) in [7, 11) is 0. The predicted octanol–water partition coefficient (Wildman–Crippen LogP) is 4.24. The molecule has 0 atom stereocenters. The van der Waals surface area contributed by atoms with E-state index in [-0.39, 0.29) is 5.91 Å². The van der Waals surface area contributed by atoms with Gasteiger partial charge in [-0.25, -0.2) is 0 Å². The van der Waals surface area contributed by atoms with Crippen LogP contribution in [0.25, 0.3) is 21.8 Å². The molecule has 4 nitrogen and oxygen atoms in total. The zero-order chi connectivity index (χ0) is 17.4. The van der Waals surface area contributed by atoms with E-state index >= 15 is 0 Å². The molecule has 4 heteroatoms. The molecule has 4 rings (SSSR count). The lowest BCUT2D eigenvalue weighted by Gasteiger charge is -2.04. The van der Waals surface area contributed by atoms with Gasteiger partial charge in [0, 0.05) is 34.5 Å². The molecule has 0 saturated heterocycles. The third kappa shape index (κ3) is 2.80. The third-order valence-electron chi connectivity index (χ3n) is 4.80. The summed E-state index contributed by atoms with van der Waals surface area (Å²) in [6.07, 6.45) is 2.82. The van der Waals surface area contributed by atoms with E-state index in [0.717, 1.165) is 28.4 Å². The fraction of sp³-hybridized carbons (Fsp3) is 0.190. The highest BCUT2D eigenvalue weighted by atomic mass is 16.1. The highest BCUT2D eigenvalue weighted by Gasteiger charge is 2.14. The largest absolute Gasteiger partial charge is 0.361 e. The van der Waals surface area contributed by atoms with Crippen LogP contribution in [-0.2, 0) is 6.42 Å². The number of carbonyl (C=O) groups excluding carboxylic acids is 1. The molecular formula is C21H21N3O. The van der Waals surface area contributed by atoms with Gasteiger partial charge < -0.3 is 15.3 Å². The summed E-state index contributed by atoms with van der Waals surface area (Å²) in [5, 5.41) is 5.35. The van der Waals surface area contributed by atoms with Gasteiger partial charge in [-0.05, 0) is 49.1 Å². The van der Waals surface area contributed by atoms with Crippen molar-refractivity contribution in [2.75, 3.05) is 6.54 Å². The summed E-state index contributed by atoms with van der Waals surface area (Å²) in [6, 6.07) is 14.4. The number of amides is 1. The summed E-state index contributed by atoms with van der Waals surface area (Å²) in [6.45, 7) is 4.65. The summed E-state index contributed by atoms with van der Waals surface area (Å²) in [5.74, 6) is -0.0498. The first-order valence-corrected chi connectivity index (χ1v) is 8.55. The third-order valence-corrected chi connectivity index (χ3v) is 4.80. The zero-order valence-electron chi connectivity index (χ0n) is 14.4. The second kappa shape index (κ2) is 6.13. The van der Waals surface area contributed by atoms with Crippen LogP contribution >= 0.6 is 0 Å². The second-order valence-electron chi connectivity index (χ2n) is 6.54. The predicted molar refractivity (Wildman–Crippen MR) is 102 cm³/mol. The van der Waals surface area contributed by atoms with Crippen LogP contribution in [0, 0.1) is 13.8 Å². The van der Waals surface area contributed by atoms with Crippen molar-refractivity contribution in [3.05, 3.63) is 71.0 Å². The average molecular weight is 331 g/mol. The molecular weight excluding hydrogens is 310 g/mol. The van der Waals surface area contributed by atoms with Crippen molar-refractivity contribution in [3.8, 4) is 0 Å². The van der Waals surface area contributed by atoms with Gasteiger partial charge in [-0.1, -0.05) is 30.3 Å². The molecule has 0 aliphatic carbocycles. The summed E-state index contributed by atoms with van der Waals surface area (Å²) >= 11 is 0. The fourth-order valence-corrected chi connectivity index (χ4v) is 3.42. The van der Waals surface area contributed by atoms with Crippen molar-refractivity contribution in [1.82, 2.24) is 15.3 Å². The molecule has 0 aliphatic heterocycles. The molecule has 1 amide bonds. The van der Waals surface area contributed by atoms with Gasteiger partial charge in [-0.2, -0.15) is 0 Å². The van der Waals surface area contributed by atoms with Crippen LogP contribution in [0.4, 0.5) is 0 Å². The Morgan fingerprint density at radius 2 is 1.88 bits per heavy atom. The van der Waals surface area contributed by atoms with Crippen LogP contribution in [-0.4, -0.2) is 22.4 Å². The van der Waals surface area contributed by atoms with E-state index in [0.29, 0.717) is 12.2 Å². The number of aromatic amines is 2. The van der Waals surface area contributed by atoms with Crippen LogP contribution in [0.3, 0.4) is 0 Å². The number of hydrogen-bond acceptors (Lipinski definition) is 1. The van der Waals surface area contributed by atoms with Crippen molar-refractivity contribution in [2.24, 2.45) is 0 Å². The van der Waals surface area contributed by atoms with E-state index in [1.807, 2.05) is 25.3 Å². The number of benzene rings is 2. The number of aryl methyl sites for hydroxylation is 2. The normalized spacial score (nSPS) is 11.3. The number of fused-ring (bicyclic) bond motifs is 2. The minimum absolute atomic E-state index is 0.0498. The van der Waals surface area contributed by atoms with Gasteiger partial charge in [0.15, 0.2) is 0 Å². The van der Waals surface area contributed by atoms with Crippen molar-refractivity contribution >= 4 is 27.7 Å². The fourth-order valence-electron chi connectivity index (χ4n) is 3.42. The number of carbonyl (C=O) groups is 1. The molecule has 126 valence electrons. The minimum atomic E-state index is -0.0498. The first-order valence-electron chi connectivity index (χ1n) is 8.55. The molecule has 0 unspecified atom stereocenters. The van der Waals surface area contributed by atoms with Crippen molar-refractivity contribution < 1.29 is 4.79 Å². The van der Waals surface area contributed by atoms with Crippen LogP contribution in [0.5, 0.6) is 0 Å². The Kier molecular flexibility index (Phi) is 3.80. The lowest BCUT2D eigenvalue weighted by molar-refractivity contribution is 0.0949. The van der Waals surface area contributed by atoms with Crippen LogP contribution in [0.15, 0.2) is 48.7 Å². The Hall–Kier alpha value is -3.01. The zero-order valence-corrected chi connectivity index (χ0v) is 14.4. The molecule has 0 fully saturated rings. The van der Waals surface area contributed by atoms with E-state index in [4.69, 9.17) is 0 Å². The highest BCUT2D eigenvalue weighted by molar-refractivity contribution is 6.01. The Morgan fingerprint density at radius 3 is 2.76 bits per heavy atom. The highest BCUT2D eigenvalue weighted by Crippen LogP contribution is 2.23. The van der Waals surface area contributed by atoms with E-state index < -0.39 is 0 Å². The summed E-state index contributed by atoms with van der Waals surface area (Å²) in [5.41, 5.74) is 6.20. The standard InChI is InChI=1S/C21H21N3O/c1-13-7-8-16-14(2)20(24-19(16)11-13)21(25)22-10-9-15-12-23-18-6-4-3-5-17(15)18/h3-8,11-12,23-24H,9-10H2,1-2H3,(H,22,25). The molecule has 0 saturated carbocycles. The molecule has 2 aromatic heterocycles. The number of para-hydroxylation sites is 1. The minimum Gasteiger partial charge on any atom is -0.361 e. The van der Waals surface area contributed by atoms with Crippen molar-refractivity contribution in [3.63, 3.8) is 0 Å². The van der Waals surface area contributed by atoms with Gasteiger partial charge in [-0.3, -0.25) is 4.79 Å². The Bertz CT molecular complexity index is 1070. The van der Waals surface area contributed by atoms with Crippen molar-refractivity contribution in [2.45, 2.75) is 20.3 Å². The molecule has 2 heterocycles. The molecule has 0 aliphatic rings. The first kappa shape index (κ1) is 15.5. The first-order chi connectivity index (χ1) is 12.1. The maximum absolute atomic E-state index is 12.6. The SMILES string of the molecule is Cc1ccc2c(C)c(C(=O)NCCc3c[nH]c4ccccc34)[nH]c2c1. The number of H-pyrrole nitrogens is 2. The maximum atomic E-state index is 12.6. The summed E-state index contributed by atoms with van der Waals surface area (Å²) < 4.78 is 0. The Balaban J connectivity index is 1.48. The topological polar surface area (TPSA) is 60.7 Å². The monoisotopic (exact) mass is 331 g/mol. The number of aromatic nitrogens is 2. The molecule has 2 aromatic carbocycles. The average Bonchev–Trinajstić information content (AvgIpc) is 3.16.